The minimum absolute atomic E-state index is 0.632. The molecular formula is C35H59N9O17. The van der Waals surface area contributed by atoms with Crippen LogP contribution in [-0.4, -0.2) is 169 Å². The fourth-order valence-corrected chi connectivity index (χ4v) is 5.04. The molecule has 26 nitrogen and oxygen atoms in total. The van der Waals surface area contributed by atoms with Gasteiger partial charge in [0.1, 0.15) is 48.3 Å². The molecule has 0 spiro atoms. The second kappa shape index (κ2) is 25.6. The predicted molar refractivity (Wildman–Crippen MR) is 207 cm³/mol. The Balaban J connectivity index is 5.88. The minimum atomic E-state index is -1.93. The van der Waals surface area contributed by atoms with E-state index in [9.17, 15) is 73.2 Å². The van der Waals surface area contributed by atoms with Gasteiger partial charge in [0.15, 0.2) is 0 Å². The quantitative estimate of drug-likeness (QED) is 0.0384. The summed E-state index contributed by atoms with van der Waals surface area (Å²) in [6.07, 6.45) is -6.54. The van der Waals surface area contributed by atoms with E-state index in [4.69, 9.17) is 15.9 Å². The summed E-state index contributed by atoms with van der Waals surface area (Å²) >= 11 is 0. The van der Waals surface area contributed by atoms with Crippen molar-refractivity contribution in [1.29, 1.82) is 0 Å². The Bertz CT molecular complexity index is 1620. The number of rotatable bonds is 26. The highest BCUT2D eigenvalue weighted by Gasteiger charge is 2.37. The molecule has 61 heavy (non-hydrogen) atoms. The smallest absolute Gasteiger partial charge is 0.326 e. The fraction of sp³-hybridized carbons (Fsp3) is 0.686. The zero-order chi connectivity index (χ0) is 47.6. The molecule has 8 amide bonds. The highest BCUT2D eigenvalue weighted by molar-refractivity contribution is 5.98. The first-order valence-electron chi connectivity index (χ1n) is 18.9. The summed E-state index contributed by atoms with van der Waals surface area (Å²) in [7, 11) is 0. The lowest BCUT2D eigenvalue weighted by Gasteiger charge is -2.30. The summed E-state index contributed by atoms with van der Waals surface area (Å²) in [5.74, 6) is -14.7. The number of carboxylic acid groups (broad SMARTS) is 3. The molecular weight excluding hydrogens is 818 g/mol. The van der Waals surface area contributed by atoms with Crippen LogP contribution in [-0.2, 0) is 52.7 Å². The fourth-order valence-electron chi connectivity index (χ4n) is 5.04. The van der Waals surface area contributed by atoms with E-state index in [1.54, 1.807) is 13.8 Å². The summed E-state index contributed by atoms with van der Waals surface area (Å²) in [4.78, 5) is 137. The molecule has 26 heteroatoms. The van der Waals surface area contributed by atoms with E-state index in [1.165, 1.54) is 27.7 Å². The Kier molecular flexibility index (Phi) is 23.1. The zero-order valence-electron chi connectivity index (χ0n) is 34.9. The predicted octanol–water partition coefficient (Wildman–Crippen LogP) is -6.67. The van der Waals surface area contributed by atoms with Crippen LogP contribution < -0.4 is 48.3 Å². The third kappa shape index (κ3) is 19.3. The molecule has 0 rings (SSSR count). The van der Waals surface area contributed by atoms with Crippen molar-refractivity contribution in [2.45, 2.75) is 135 Å². The number of aliphatic carboxylic acids is 3. The van der Waals surface area contributed by atoms with Crippen LogP contribution in [0.5, 0.6) is 0 Å². The topological polar surface area (TPSA) is 431 Å². The standard InChI is InChI=1S/C35H59N9O17/c1-12(2)24(41-33(58)25(13(3)4)42-34(59)27(17(8)47)44-30(55)23(36)15(6)45)32(57)38-14(5)28(53)40-18(9-21(49)50)29(54)43-26(16(7)46)31(56)37-11-20(48)39-19(35(60)61)10-22(51)52/h12-19,23-27,45-47H,9-11,36H2,1-8H3,(H,37,56)(H,38,57)(H,39,48)(H,40,53)(H,41,58)(H,42,59)(H,43,54)(H,44,55)(H,49,50)(H,51,52)(H,60,61). The van der Waals surface area contributed by atoms with Gasteiger partial charge in [-0.2, -0.15) is 0 Å². The molecule has 0 fully saturated rings. The van der Waals surface area contributed by atoms with Crippen LogP contribution in [0.3, 0.4) is 0 Å². The lowest BCUT2D eigenvalue weighted by atomic mass is 9.98. The molecule has 346 valence electrons. The van der Waals surface area contributed by atoms with E-state index in [-0.39, 0.29) is 0 Å². The third-order valence-electron chi connectivity index (χ3n) is 8.64. The lowest BCUT2D eigenvalue weighted by molar-refractivity contribution is -0.147. The van der Waals surface area contributed by atoms with Crippen molar-refractivity contribution in [3.8, 4) is 0 Å². The van der Waals surface area contributed by atoms with Crippen molar-refractivity contribution in [2.24, 2.45) is 17.6 Å². The Morgan fingerprint density at radius 3 is 1.25 bits per heavy atom. The van der Waals surface area contributed by atoms with Crippen LogP contribution in [0.15, 0.2) is 0 Å². The van der Waals surface area contributed by atoms with Crippen molar-refractivity contribution >= 4 is 65.2 Å². The number of aliphatic hydroxyl groups is 3. The molecule has 0 aliphatic carbocycles. The molecule has 16 N–H and O–H groups in total. The van der Waals surface area contributed by atoms with Crippen molar-refractivity contribution in [1.82, 2.24) is 42.5 Å². The molecule has 11 unspecified atom stereocenters. The van der Waals surface area contributed by atoms with Gasteiger partial charge in [0.2, 0.25) is 47.3 Å². The Morgan fingerprint density at radius 1 is 0.443 bits per heavy atom. The highest BCUT2D eigenvalue weighted by Crippen LogP contribution is 2.09. The molecule has 0 aliphatic rings. The number of nitrogens with one attached hydrogen (secondary N) is 8. The number of hydrogen-bond donors (Lipinski definition) is 15. The Morgan fingerprint density at radius 2 is 0.836 bits per heavy atom. The van der Waals surface area contributed by atoms with Crippen LogP contribution in [0.4, 0.5) is 0 Å². The van der Waals surface area contributed by atoms with Gasteiger partial charge in [-0.05, 0) is 39.5 Å². The van der Waals surface area contributed by atoms with Gasteiger partial charge in [0, 0.05) is 0 Å². The normalized spacial score (nSPS) is 16.6. The molecule has 0 radical (unpaired) electrons. The first kappa shape index (κ1) is 55.0. The van der Waals surface area contributed by atoms with E-state index >= 15 is 0 Å². The Labute approximate surface area is 349 Å². The summed E-state index contributed by atoms with van der Waals surface area (Å²) in [6.45, 7) is 9.81. The van der Waals surface area contributed by atoms with Gasteiger partial charge in [-0.25, -0.2) is 4.79 Å². The number of aliphatic hydroxyl groups excluding tert-OH is 3. The molecule has 0 heterocycles. The number of amides is 8. The second-order valence-electron chi connectivity index (χ2n) is 14.8. The first-order valence-corrected chi connectivity index (χ1v) is 18.9. The van der Waals surface area contributed by atoms with Crippen molar-refractivity contribution in [3.05, 3.63) is 0 Å². The van der Waals surface area contributed by atoms with Gasteiger partial charge in [-0.1, -0.05) is 27.7 Å². The highest BCUT2D eigenvalue weighted by atomic mass is 16.4. The van der Waals surface area contributed by atoms with E-state index in [1.807, 2.05) is 16.0 Å². The summed E-state index contributed by atoms with van der Waals surface area (Å²) in [6, 6.07) is -12.9. The molecule has 0 aromatic heterocycles. The number of carbonyl (C=O) groups is 11. The molecule has 0 aromatic rings. The maximum Gasteiger partial charge on any atom is 0.326 e. The van der Waals surface area contributed by atoms with Crippen LogP contribution in [0.2, 0.25) is 0 Å². The summed E-state index contributed by atoms with van der Waals surface area (Å²) < 4.78 is 0. The molecule has 0 aliphatic heterocycles. The van der Waals surface area contributed by atoms with Gasteiger partial charge in [0.05, 0.1) is 37.7 Å². The van der Waals surface area contributed by atoms with Gasteiger partial charge < -0.3 is 78.9 Å². The first-order chi connectivity index (χ1) is 28.0. The second-order valence-corrected chi connectivity index (χ2v) is 14.8. The maximum absolute atomic E-state index is 13.5. The Hall–Kier alpha value is -5.99. The lowest BCUT2D eigenvalue weighted by Crippen LogP contribution is -2.62. The minimum Gasteiger partial charge on any atom is -0.481 e. The van der Waals surface area contributed by atoms with E-state index in [2.05, 4.69) is 26.6 Å². The van der Waals surface area contributed by atoms with E-state index < -0.39 is 163 Å². The SMILES string of the molecule is CC(NC(=O)C(NC(=O)C(NC(=O)C(NC(=O)C(N)C(C)O)C(C)O)C(C)C)C(C)C)C(=O)NC(CC(=O)O)C(=O)NC(C(=O)NCC(=O)NC(CC(=O)O)C(=O)O)C(C)O. The van der Waals surface area contributed by atoms with Gasteiger partial charge in [-0.3, -0.25) is 47.9 Å². The number of carboxylic acids is 3. The van der Waals surface area contributed by atoms with Crippen LogP contribution in [0.25, 0.3) is 0 Å². The van der Waals surface area contributed by atoms with Gasteiger partial charge >= 0.3 is 17.9 Å². The van der Waals surface area contributed by atoms with Crippen LogP contribution in [0.1, 0.15) is 68.2 Å². The van der Waals surface area contributed by atoms with E-state index in [0.29, 0.717) is 0 Å². The van der Waals surface area contributed by atoms with Crippen LogP contribution in [0, 0.1) is 11.8 Å². The number of hydrogen-bond acceptors (Lipinski definition) is 15. The number of carbonyl (C=O) groups excluding carboxylic acids is 8. The average Bonchev–Trinajstić information content (AvgIpc) is 3.13. The molecule has 0 aromatic carbocycles. The number of nitrogens with two attached hydrogens (primary N) is 1. The summed E-state index contributed by atoms with van der Waals surface area (Å²) in [5.41, 5.74) is 5.61. The monoisotopic (exact) mass is 877 g/mol. The molecule has 0 saturated heterocycles. The average molecular weight is 878 g/mol. The zero-order valence-corrected chi connectivity index (χ0v) is 34.9. The molecule has 0 bridgehead atoms. The largest absolute Gasteiger partial charge is 0.481 e. The van der Waals surface area contributed by atoms with Crippen molar-refractivity contribution in [3.63, 3.8) is 0 Å². The summed E-state index contributed by atoms with van der Waals surface area (Å²) in [5, 5.41) is 74.7. The van der Waals surface area contributed by atoms with Gasteiger partial charge in [0.25, 0.3) is 0 Å². The maximum atomic E-state index is 13.5. The molecule has 0 saturated carbocycles. The van der Waals surface area contributed by atoms with Crippen molar-refractivity contribution < 1.29 is 83.4 Å². The van der Waals surface area contributed by atoms with Gasteiger partial charge in [-0.15, -0.1) is 0 Å². The third-order valence-corrected chi connectivity index (χ3v) is 8.64. The van der Waals surface area contributed by atoms with E-state index in [0.717, 1.165) is 13.8 Å². The van der Waals surface area contributed by atoms with Crippen LogP contribution >= 0.6 is 0 Å². The van der Waals surface area contributed by atoms with Crippen molar-refractivity contribution in [2.75, 3.05) is 6.54 Å². The molecule has 11 atom stereocenters.